The minimum atomic E-state index is -1.02. The van der Waals surface area contributed by atoms with Gasteiger partial charge in [-0.15, -0.1) is 0 Å². The molecule has 0 saturated heterocycles. The Hall–Kier alpha value is -3.05. The fraction of sp³-hybridized carbons (Fsp3) is 0. The molecule has 1 aromatic heterocycles. The van der Waals surface area contributed by atoms with E-state index in [0.717, 1.165) is 5.56 Å². The van der Waals surface area contributed by atoms with E-state index in [1.165, 1.54) is 12.3 Å². The standard InChI is InChI=1S/C18H13ClN2O3/c19-15-7-3-1-5-13(15)17-10-9-12(24-17)11-20-21-16-8-4-2-6-14(16)18(22)23/h1-11,21H,(H,22,23)/b20-11+. The first kappa shape index (κ1) is 15.8. The molecule has 0 atom stereocenters. The SMILES string of the molecule is O=C(O)c1ccccc1N/N=C/c1ccc(-c2ccccc2Cl)o1. The topological polar surface area (TPSA) is 74.8 Å². The molecule has 5 nitrogen and oxygen atoms in total. The summed E-state index contributed by atoms with van der Waals surface area (Å²) in [4.78, 5) is 11.1. The number of nitrogens with one attached hydrogen (secondary N) is 1. The minimum absolute atomic E-state index is 0.144. The van der Waals surface area contributed by atoms with Gasteiger partial charge in [-0.05, 0) is 36.4 Å². The Balaban J connectivity index is 1.75. The Morgan fingerprint density at radius 1 is 1.08 bits per heavy atom. The average molecular weight is 341 g/mol. The normalized spacial score (nSPS) is 10.9. The quantitative estimate of drug-likeness (QED) is 0.519. The molecule has 0 radical (unpaired) electrons. The summed E-state index contributed by atoms with van der Waals surface area (Å²) in [6, 6.07) is 17.5. The van der Waals surface area contributed by atoms with Crippen molar-refractivity contribution >= 4 is 29.5 Å². The van der Waals surface area contributed by atoms with Gasteiger partial charge in [-0.2, -0.15) is 5.10 Å². The first-order valence-electron chi connectivity index (χ1n) is 7.11. The first-order chi connectivity index (χ1) is 11.6. The molecule has 0 aliphatic carbocycles. The maximum absolute atomic E-state index is 11.1. The van der Waals surface area contributed by atoms with E-state index in [2.05, 4.69) is 10.5 Å². The molecule has 0 amide bonds. The van der Waals surface area contributed by atoms with Crippen LogP contribution in [0.5, 0.6) is 0 Å². The molecule has 1 heterocycles. The van der Waals surface area contributed by atoms with Crippen molar-refractivity contribution < 1.29 is 14.3 Å². The summed E-state index contributed by atoms with van der Waals surface area (Å²) in [7, 11) is 0. The number of hydrogen-bond donors (Lipinski definition) is 2. The zero-order valence-electron chi connectivity index (χ0n) is 12.4. The van der Waals surface area contributed by atoms with E-state index in [1.54, 1.807) is 36.4 Å². The van der Waals surface area contributed by atoms with E-state index < -0.39 is 5.97 Å². The largest absolute Gasteiger partial charge is 0.478 e. The second-order valence-corrected chi connectivity index (χ2v) is 5.31. The second kappa shape index (κ2) is 7.02. The number of carboxylic acid groups (broad SMARTS) is 1. The van der Waals surface area contributed by atoms with Crippen LogP contribution in [0.25, 0.3) is 11.3 Å². The number of aromatic carboxylic acids is 1. The highest BCUT2D eigenvalue weighted by molar-refractivity contribution is 6.33. The molecule has 6 heteroatoms. The molecular formula is C18H13ClN2O3. The molecular weight excluding hydrogens is 328 g/mol. The van der Waals surface area contributed by atoms with Gasteiger partial charge in [-0.25, -0.2) is 4.79 Å². The van der Waals surface area contributed by atoms with Crippen molar-refractivity contribution in [2.75, 3.05) is 5.43 Å². The predicted octanol–water partition coefficient (Wildman–Crippen LogP) is 4.74. The minimum Gasteiger partial charge on any atom is -0.478 e. The van der Waals surface area contributed by atoms with Crippen LogP contribution in [0.2, 0.25) is 5.02 Å². The van der Waals surface area contributed by atoms with E-state index in [9.17, 15) is 4.79 Å². The van der Waals surface area contributed by atoms with E-state index in [-0.39, 0.29) is 5.56 Å². The maximum atomic E-state index is 11.1. The monoisotopic (exact) mass is 340 g/mol. The number of hydrazone groups is 1. The van der Waals surface area contributed by atoms with Crippen LogP contribution >= 0.6 is 11.6 Å². The number of rotatable bonds is 5. The number of anilines is 1. The Morgan fingerprint density at radius 2 is 1.83 bits per heavy atom. The highest BCUT2D eigenvalue weighted by Crippen LogP contribution is 2.28. The number of benzene rings is 2. The van der Waals surface area contributed by atoms with Crippen molar-refractivity contribution in [3.8, 4) is 11.3 Å². The first-order valence-corrected chi connectivity index (χ1v) is 7.49. The van der Waals surface area contributed by atoms with Gasteiger partial charge >= 0.3 is 5.97 Å². The summed E-state index contributed by atoms with van der Waals surface area (Å²) >= 11 is 6.14. The number of furan rings is 1. The van der Waals surface area contributed by atoms with Crippen LogP contribution in [0.1, 0.15) is 16.1 Å². The van der Waals surface area contributed by atoms with Crippen LogP contribution in [0.4, 0.5) is 5.69 Å². The number of para-hydroxylation sites is 1. The van der Waals surface area contributed by atoms with Crippen molar-refractivity contribution in [2.24, 2.45) is 5.10 Å². The van der Waals surface area contributed by atoms with Gasteiger partial charge in [-0.1, -0.05) is 35.9 Å². The third-order valence-corrected chi connectivity index (χ3v) is 3.63. The van der Waals surface area contributed by atoms with Crippen LogP contribution in [0, 0.1) is 0 Å². The van der Waals surface area contributed by atoms with Crippen molar-refractivity contribution in [1.29, 1.82) is 0 Å². The highest BCUT2D eigenvalue weighted by atomic mass is 35.5. The van der Waals surface area contributed by atoms with Crippen LogP contribution in [0.15, 0.2) is 70.2 Å². The van der Waals surface area contributed by atoms with Crippen LogP contribution in [-0.4, -0.2) is 17.3 Å². The Bertz CT molecular complexity index is 903. The van der Waals surface area contributed by atoms with E-state index >= 15 is 0 Å². The van der Waals surface area contributed by atoms with Gasteiger partial charge < -0.3 is 9.52 Å². The zero-order chi connectivity index (χ0) is 16.9. The van der Waals surface area contributed by atoms with Gasteiger partial charge in [0.15, 0.2) is 0 Å². The lowest BCUT2D eigenvalue weighted by molar-refractivity contribution is 0.0698. The van der Waals surface area contributed by atoms with E-state index in [0.29, 0.717) is 22.2 Å². The average Bonchev–Trinajstić information content (AvgIpc) is 3.04. The number of nitrogens with zero attached hydrogens (tertiary/aromatic N) is 1. The van der Waals surface area contributed by atoms with Gasteiger partial charge in [-0.3, -0.25) is 5.43 Å². The molecule has 3 rings (SSSR count). The molecule has 0 unspecified atom stereocenters. The van der Waals surface area contributed by atoms with Crippen LogP contribution in [0.3, 0.4) is 0 Å². The molecule has 0 saturated carbocycles. The van der Waals surface area contributed by atoms with Gasteiger partial charge in [0.25, 0.3) is 0 Å². The lowest BCUT2D eigenvalue weighted by Gasteiger charge is -2.03. The number of hydrogen-bond acceptors (Lipinski definition) is 4. The third-order valence-electron chi connectivity index (χ3n) is 3.30. The summed E-state index contributed by atoms with van der Waals surface area (Å²) in [6.45, 7) is 0. The smallest absolute Gasteiger partial charge is 0.337 e. The fourth-order valence-corrected chi connectivity index (χ4v) is 2.39. The lowest BCUT2D eigenvalue weighted by Crippen LogP contribution is -2.01. The maximum Gasteiger partial charge on any atom is 0.337 e. The molecule has 0 spiro atoms. The predicted molar refractivity (Wildman–Crippen MR) is 93.8 cm³/mol. The third kappa shape index (κ3) is 3.47. The van der Waals surface area contributed by atoms with Gasteiger partial charge in [0.2, 0.25) is 0 Å². The molecule has 0 fully saturated rings. The van der Waals surface area contributed by atoms with Gasteiger partial charge in [0, 0.05) is 5.56 Å². The Kier molecular flexibility index (Phi) is 4.63. The molecule has 0 aliphatic heterocycles. The number of carboxylic acids is 1. The summed E-state index contributed by atoms with van der Waals surface area (Å²) in [5.41, 5.74) is 4.05. The lowest BCUT2D eigenvalue weighted by atomic mass is 10.2. The van der Waals surface area contributed by atoms with Crippen LogP contribution in [-0.2, 0) is 0 Å². The fourth-order valence-electron chi connectivity index (χ4n) is 2.16. The summed E-state index contributed by atoms with van der Waals surface area (Å²) in [6.07, 6.45) is 1.47. The molecule has 0 aliphatic rings. The van der Waals surface area contributed by atoms with Gasteiger partial charge in [0.05, 0.1) is 22.5 Å². The molecule has 0 bridgehead atoms. The van der Waals surface area contributed by atoms with Crippen LogP contribution < -0.4 is 5.43 Å². The molecule has 120 valence electrons. The summed E-state index contributed by atoms with van der Waals surface area (Å²) in [5, 5.41) is 13.7. The van der Waals surface area contributed by atoms with Crippen molar-refractivity contribution in [3.05, 3.63) is 77.0 Å². The second-order valence-electron chi connectivity index (χ2n) is 4.90. The number of carbonyl (C=O) groups is 1. The Labute approximate surface area is 143 Å². The van der Waals surface area contributed by atoms with E-state index in [1.807, 2.05) is 18.2 Å². The van der Waals surface area contributed by atoms with E-state index in [4.69, 9.17) is 21.1 Å². The summed E-state index contributed by atoms with van der Waals surface area (Å²) in [5.74, 6) is 0.130. The van der Waals surface area contributed by atoms with Crippen molar-refractivity contribution in [2.45, 2.75) is 0 Å². The van der Waals surface area contributed by atoms with Crippen molar-refractivity contribution in [1.82, 2.24) is 0 Å². The Morgan fingerprint density at radius 3 is 2.62 bits per heavy atom. The highest BCUT2D eigenvalue weighted by Gasteiger charge is 2.08. The number of halogens is 1. The molecule has 3 aromatic rings. The van der Waals surface area contributed by atoms with Crippen molar-refractivity contribution in [3.63, 3.8) is 0 Å². The van der Waals surface area contributed by atoms with Gasteiger partial charge in [0.1, 0.15) is 11.5 Å². The summed E-state index contributed by atoms with van der Waals surface area (Å²) < 4.78 is 5.68. The molecule has 24 heavy (non-hydrogen) atoms. The molecule has 2 N–H and O–H groups in total. The zero-order valence-corrected chi connectivity index (χ0v) is 13.2. The molecule has 2 aromatic carbocycles.